The molecule has 1 N–H and O–H groups in total. The van der Waals surface area contributed by atoms with Gasteiger partial charge in [-0.2, -0.15) is 8.42 Å². The highest BCUT2D eigenvalue weighted by Gasteiger charge is 2.35. The minimum absolute atomic E-state index is 1.80. The van der Waals surface area contributed by atoms with Gasteiger partial charge in [-0.3, -0.25) is 4.55 Å². The first-order valence-corrected chi connectivity index (χ1v) is 4.27. The molecule has 0 saturated heterocycles. The summed E-state index contributed by atoms with van der Waals surface area (Å²) in [6.07, 6.45) is -5.09. The van der Waals surface area contributed by atoms with Crippen molar-refractivity contribution in [2.24, 2.45) is 0 Å². The number of hydrogen-bond acceptors (Lipinski definition) is 3. The Kier molecular flexibility index (Phi) is 4.07. The van der Waals surface area contributed by atoms with Crippen LogP contribution in [0, 0.1) is 0 Å². The van der Waals surface area contributed by atoms with E-state index in [2.05, 4.69) is 4.18 Å². The van der Waals surface area contributed by atoms with E-state index in [0.717, 1.165) is 0 Å². The molecular weight excluding hydrogens is 220 g/mol. The Labute approximate surface area is 71.4 Å². The quantitative estimate of drug-likeness (QED) is 0.563. The lowest BCUT2D eigenvalue weighted by Crippen LogP contribution is -2.28. The van der Waals surface area contributed by atoms with Crippen molar-refractivity contribution in [3.8, 4) is 0 Å². The summed E-state index contributed by atoms with van der Waals surface area (Å²) in [5, 5.41) is 0. The minimum atomic E-state index is -5.02. The molecule has 0 amide bonds. The van der Waals surface area contributed by atoms with Crippen LogP contribution >= 0.6 is 0 Å². The average molecular weight is 226 g/mol. The van der Waals surface area contributed by atoms with Crippen molar-refractivity contribution in [1.29, 1.82) is 0 Å². The van der Waals surface area contributed by atoms with E-state index >= 15 is 0 Å². The highest BCUT2D eigenvalue weighted by atomic mass is 32.3. The van der Waals surface area contributed by atoms with Crippen LogP contribution in [0.1, 0.15) is 6.42 Å². The van der Waals surface area contributed by atoms with Crippen LogP contribution in [0.2, 0.25) is 0 Å². The Morgan fingerprint density at radius 2 is 1.85 bits per heavy atom. The van der Waals surface area contributed by atoms with Gasteiger partial charge >= 0.3 is 10.4 Å². The van der Waals surface area contributed by atoms with Gasteiger partial charge in [0.25, 0.3) is 5.92 Å². The van der Waals surface area contributed by atoms with Crippen molar-refractivity contribution in [1.82, 2.24) is 0 Å². The molecule has 0 aromatic rings. The van der Waals surface area contributed by atoms with Crippen LogP contribution in [0.3, 0.4) is 0 Å². The summed E-state index contributed by atoms with van der Waals surface area (Å²) >= 11 is 0. The largest absolute Gasteiger partial charge is 0.397 e. The molecule has 0 unspecified atom stereocenters. The molecule has 9 heteroatoms. The summed E-state index contributed by atoms with van der Waals surface area (Å²) in [5.74, 6) is -3.98. The van der Waals surface area contributed by atoms with Crippen molar-refractivity contribution < 1.29 is 34.7 Å². The normalized spacial score (nSPS) is 13.7. The van der Waals surface area contributed by atoms with Crippen molar-refractivity contribution >= 4 is 10.4 Å². The number of rotatable bonds is 5. The summed E-state index contributed by atoms with van der Waals surface area (Å²) in [5.41, 5.74) is 0. The van der Waals surface area contributed by atoms with Gasteiger partial charge in [-0.25, -0.2) is 21.7 Å². The smallest absolute Gasteiger partial charge is 0.264 e. The molecular formula is C4H6F4O4S. The highest BCUT2D eigenvalue weighted by Crippen LogP contribution is 2.23. The predicted molar refractivity (Wildman–Crippen MR) is 33.1 cm³/mol. The summed E-state index contributed by atoms with van der Waals surface area (Å²) in [6.45, 7) is -1.80. The lowest BCUT2D eigenvalue weighted by atomic mass is 10.3. The molecule has 13 heavy (non-hydrogen) atoms. The molecule has 0 fully saturated rings. The Balaban J connectivity index is 4.04. The van der Waals surface area contributed by atoms with Crippen molar-refractivity contribution in [3.63, 3.8) is 0 Å². The number of halogens is 4. The third-order valence-electron chi connectivity index (χ3n) is 0.872. The van der Waals surface area contributed by atoms with Gasteiger partial charge in [0.05, 0.1) is 6.42 Å². The Morgan fingerprint density at radius 3 is 2.15 bits per heavy atom. The molecule has 0 radical (unpaired) electrons. The fraction of sp³-hybridized carbons (Fsp3) is 1.00. The van der Waals surface area contributed by atoms with E-state index < -0.39 is 35.8 Å². The first-order chi connectivity index (χ1) is 5.62. The lowest BCUT2D eigenvalue weighted by molar-refractivity contribution is -0.0826. The van der Waals surface area contributed by atoms with Crippen LogP contribution in [-0.2, 0) is 14.6 Å². The molecule has 0 aliphatic heterocycles. The van der Waals surface area contributed by atoms with E-state index in [4.69, 9.17) is 4.55 Å². The molecule has 0 heterocycles. The van der Waals surface area contributed by atoms with Crippen molar-refractivity contribution in [2.45, 2.75) is 18.8 Å². The molecule has 0 spiro atoms. The fourth-order valence-corrected chi connectivity index (χ4v) is 0.767. The minimum Gasteiger partial charge on any atom is -0.264 e. The fourth-order valence-electron chi connectivity index (χ4n) is 0.445. The zero-order chi connectivity index (χ0) is 10.7. The van der Waals surface area contributed by atoms with Gasteiger partial charge in [0.15, 0.2) is 0 Å². The van der Waals surface area contributed by atoms with E-state index in [1.54, 1.807) is 0 Å². The first kappa shape index (κ1) is 12.6. The monoisotopic (exact) mass is 226 g/mol. The summed E-state index contributed by atoms with van der Waals surface area (Å²) in [4.78, 5) is 0. The molecule has 0 aliphatic carbocycles. The molecule has 80 valence electrons. The zero-order valence-corrected chi connectivity index (χ0v) is 6.90. The second-order valence-corrected chi connectivity index (χ2v) is 3.23. The Bertz CT molecular complexity index is 249. The molecule has 0 rings (SSSR count). The zero-order valence-electron chi connectivity index (χ0n) is 6.08. The summed E-state index contributed by atoms with van der Waals surface area (Å²) in [7, 11) is -5.02. The molecule has 4 nitrogen and oxygen atoms in total. The van der Waals surface area contributed by atoms with Gasteiger partial charge in [0, 0.05) is 0 Å². The maximum Gasteiger partial charge on any atom is 0.397 e. The van der Waals surface area contributed by atoms with E-state index in [1.165, 1.54) is 0 Å². The molecule has 0 aromatic heterocycles. The lowest BCUT2D eigenvalue weighted by Gasteiger charge is -2.13. The third-order valence-corrected chi connectivity index (χ3v) is 1.29. The van der Waals surface area contributed by atoms with Crippen LogP contribution in [0.15, 0.2) is 0 Å². The van der Waals surface area contributed by atoms with Crippen molar-refractivity contribution in [2.75, 3.05) is 6.61 Å². The molecule has 0 saturated carbocycles. The van der Waals surface area contributed by atoms with Gasteiger partial charge in [0.1, 0.15) is 6.61 Å². The SMILES string of the molecule is O=S(=O)(O)OCC(F)(F)CC(F)F. The molecule has 0 aliphatic rings. The topological polar surface area (TPSA) is 63.6 Å². The molecule has 0 atom stereocenters. The van der Waals surface area contributed by atoms with Crippen molar-refractivity contribution in [3.05, 3.63) is 0 Å². The van der Waals surface area contributed by atoms with Crippen LogP contribution in [-0.4, -0.2) is 31.9 Å². The molecule has 0 aromatic carbocycles. The number of hydrogen-bond donors (Lipinski definition) is 1. The van der Waals surface area contributed by atoms with Gasteiger partial charge in [-0.1, -0.05) is 0 Å². The third kappa shape index (κ3) is 7.94. The standard InChI is InChI=1S/C4H6F4O4S/c5-3(6)1-4(7,8)2-12-13(9,10)11/h3H,1-2H2,(H,9,10,11). The Hall–Kier alpha value is -0.410. The summed E-state index contributed by atoms with van der Waals surface area (Å²) < 4.78 is 77.9. The van der Waals surface area contributed by atoms with E-state index in [1.807, 2.05) is 0 Å². The van der Waals surface area contributed by atoms with Crippen LogP contribution in [0.4, 0.5) is 17.6 Å². The number of alkyl halides is 4. The van der Waals surface area contributed by atoms with Gasteiger partial charge in [0.2, 0.25) is 6.43 Å². The van der Waals surface area contributed by atoms with Crippen LogP contribution < -0.4 is 0 Å². The van der Waals surface area contributed by atoms with Gasteiger partial charge < -0.3 is 0 Å². The van der Waals surface area contributed by atoms with Crippen LogP contribution in [0.5, 0.6) is 0 Å². The molecule has 0 bridgehead atoms. The average Bonchev–Trinajstić information content (AvgIpc) is 1.79. The maximum atomic E-state index is 12.2. The van der Waals surface area contributed by atoms with E-state index in [-0.39, 0.29) is 0 Å². The summed E-state index contributed by atoms with van der Waals surface area (Å²) in [6, 6.07) is 0. The van der Waals surface area contributed by atoms with Gasteiger partial charge in [-0.15, -0.1) is 0 Å². The van der Waals surface area contributed by atoms with Gasteiger partial charge in [-0.05, 0) is 0 Å². The Morgan fingerprint density at radius 1 is 1.38 bits per heavy atom. The predicted octanol–water partition coefficient (Wildman–Crippen LogP) is 1.10. The van der Waals surface area contributed by atoms with E-state index in [9.17, 15) is 26.0 Å². The second-order valence-electron chi connectivity index (χ2n) is 2.14. The van der Waals surface area contributed by atoms with Crippen LogP contribution in [0.25, 0.3) is 0 Å². The highest BCUT2D eigenvalue weighted by molar-refractivity contribution is 7.80. The first-order valence-electron chi connectivity index (χ1n) is 2.90. The second kappa shape index (κ2) is 4.20. The maximum absolute atomic E-state index is 12.2. The van der Waals surface area contributed by atoms with E-state index in [0.29, 0.717) is 0 Å².